The second kappa shape index (κ2) is 3.97. The second-order valence-corrected chi connectivity index (χ2v) is 7.46. The van der Waals surface area contributed by atoms with Gasteiger partial charge < -0.3 is 14.6 Å². The Morgan fingerprint density at radius 3 is 2.61 bits per heavy atom. The second-order valence-electron chi connectivity index (χ2n) is 7.46. The van der Waals surface area contributed by atoms with Crippen molar-refractivity contribution in [3.63, 3.8) is 0 Å². The van der Waals surface area contributed by atoms with Crippen molar-refractivity contribution in [3.05, 3.63) is 0 Å². The molecule has 0 radical (unpaired) electrons. The van der Waals surface area contributed by atoms with Gasteiger partial charge in [0.15, 0.2) is 0 Å². The third-order valence-corrected chi connectivity index (χ3v) is 5.69. The lowest BCUT2D eigenvalue weighted by Gasteiger charge is -2.64. The first-order chi connectivity index (χ1) is 8.34. The number of rotatable bonds is 3. The minimum absolute atomic E-state index is 0.0540. The number of nitrogens with one attached hydrogen (secondary N) is 1. The van der Waals surface area contributed by atoms with E-state index < -0.39 is 0 Å². The summed E-state index contributed by atoms with van der Waals surface area (Å²) >= 11 is 0. The van der Waals surface area contributed by atoms with Crippen molar-refractivity contribution < 1.29 is 9.31 Å². The zero-order valence-corrected chi connectivity index (χ0v) is 12.3. The number of hydrogen-bond acceptors (Lipinski definition) is 3. The lowest BCUT2D eigenvalue weighted by Crippen LogP contribution is -2.65. The van der Waals surface area contributed by atoms with Crippen LogP contribution in [0.5, 0.6) is 0 Å². The van der Waals surface area contributed by atoms with Crippen LogP contribution in [0.25, 0.3) is 0 Å². The Hall–Kier alpha value is -0.0551. The van der Waals surface area contributed by atoms with Crippen LogP contribution in [0.15, 0.2) is 0 Å². The summed E-state index contributed by atoms with van der Waals surface area (Å²) in [6, 6.07) is 0.484. The monoisotopic (exact) mass is 251 g/mol. The Balaban J connectivity index is 1.69. The van der Waals surface area contributed by atoms with Gasteiger partial charge in [-0.05, 0) is 37.0 Å². The molecule has 0 aromatic heterocycles. The fraction of sp³-hybridized carbons (Fsp3) is 1.00. The maximum absolute atomic E-state index is 6.30. The van der Waals surface area contributed by atoms with Gasteiger partial charge in [0.05, 0.1) is 11.7 Å². The highest BCUT2D eigenvalue weighted by Gasteiger charge is 2.67. The van der Waals surface area contributed by atoms with Crippen molar-refractivity contribution in [2.24, 2.45) is 17.3 Å². The van der Waals surface area contributed by atoms with Gasteiger partial charge >= 0.3 is 7.12 Å². The van der Waals surface area contributed by atoms with Crippen LogP contribution in [0.1, 0.15) is 47.5 Å². The molecule has 1 saturated heterocycles. The van der Waals surface area contributed by atoms with E-state index >= 15 is 0 Å². The summed E-state index contributed by atoms with van der Waals surface area (Å²) in [6.07, 6.45) is 3.63. The summed E-state index contributed by atoms with van der Waals surface area (Å²) in [7, 11) is -0.0578. The van der Waals surface area contributed by atoms with Gasteiger partial charge in [0.25, 0.3) is 0 Å². The van der Waals surface area contributed by atoms with Gasteiger partial charge in [0.1, 0.15) is 0 Å². The highest BCUT2D eigenvalue weighted by Crippen LogP contribution is 2.65. The van der Waals surface area contributed by atoms with E-state index in [0.29, 0.717) is 23.5 Å². The third-order valence-electron chi connectivity index (χ3n) is 5.69. The van der Waals surface area contributed by atoms with Crippen LogP contribution in [0.2, 0.25) is 0 Å². The topological polar surface area (TPSA) is 30.5 Å². The predicted molar refractivity (Wildman–Crippen MR) is 73.3 cm³/mol. The molecule has 0 amide bonds. The summed E-state index contributed by atoms with van der Waals surface area (Å²) in [5, 5.41) is 3.41. The van der Waals surface area contributed by atoms with E-state index in [1.165, 1.54) is 12.8 Å². The molecular formula is C14H26BNO2. The molecule has 0 unspecified atom stereocenters. The highest BCUT2D eigenvalue weighted by molar-refractivity contribution is 6.45. The lowest BCUT2D eigenvalue weighted by molar-refractivity contribution is -0.199. The minimum atomic E-state index is -0.0578. The zero-order chi connectivity index (χ0) is 13.1. The van der Waals surface area contributed by atoms with Crippen molar-refractivity contribution in [2.45, 2.75) is 65.2 Å². The van der Waals surface area contributed by atoms with Gasteiger partial charge in [-0.3, -0.25) is 0 Å². The lowest BCUT2D eigenvalue weighted by atomic mass is 9.43. The van der Waals surface area contributed by atoms with E-state index in [1.54, 1.807) is 0 Å². The van der Waals surface area contributed by atoms with Gasteiger partial charge in [-0.2, -0.15) is 0 Å². The van der Waals surface area contributed by atoms with Crippen molar-refractivity contribution >= 4 is 7.12 Å². The van der Waals surface area contributed by atoms with Crippen LogP contribution >= 0.6 is 0 Å². The summed E-state index contributed by atoms with van der Waals surface area (Å²) in [4.78, 5) is 0. The summed E-state index contributed by atoms with van der Waals surface area (Å²) in [6.45, 7) is 11.4. The van der Waals surface area contributed by atoms with Crippen molar-refractivity contribution in [1.82, 2.24) is 5.32 Å². The van der Waals surface area contributed by atoms with Crippen LogP contribution in [-0.2, 0) is 9.31 Å². The molecule has 3 saturated carbocycles. The van der Waals surface area contributed by atoms with Crippen LogP contribution < -0.4 is 5.32 Å². The van der Waals surface area contributed by atoms with Gasteiger partial charge in [-0.15, -0.1) is 0 Å². The average molecular weight is 251 g/mol. The minimum Gasteiger partial charge on any atom is -0.405 e. The van der Waals surface area contributed by atoms with E-state index in [0.717, 1.165) is 12.4 Å². The summed E-state index contributed by atoms with van der Waals surface area (Å²) in [5.41, 5.74) is 0.385. The van der Waals surface area contributed by atoms with Crippen molar-refractivity contribution in [1.29, 1.82) is 0 Å². The third kappa shape index (κ3) is 1.69. The van der Waals surface area contributed by atoms with Crippen LogP contribution in [-0.4, -0.2) is 31.3 Å². The Morgan fingerprint density at radius 2 is 2.00 bits per heavy atom. The van der Waals surface area contributed by atoms with E-state index in [-0.39, 0.29) is 12.7 Å². The molecule has 0 aromatic rings. The average Bonchev–Trinajstić information content (AvgIpc) is 2.61. The maximum Gasteiger partial charge on any atom is 0.472 e. The fourth-order valence-corrected chi connectivity index (χ4v) is 4.37. The van der Waals surface area contributed by atoms with Gasteiger partial charge in [0.2, 0.25) is 0 Å². The quantitative estimate of drug-likeness (QED) is 0.780. The molecule has 0 aromatic carbocycles. The highest BCUT2D eigenvalue weighted by atomic mass is 16.7. The Kier molecular flexibility index (Phi) is 2.86. The number of hydrogen-bond donors (Lipinski definition) is 1. The maximum atomic E-state index is 6.30. The smallest absolute Gasteiger partial charge is 0.405 e. The first kappa shape index (κ1) is 13.0. The molecule has 102 valence electrons. The molecule has 1 heterocycles. The van der Waals surface area contributed by atoms with E-state index in [9.17, 15) is 0 Å². The molecule has 18 heavy (non-hydrogen) atoms. The fourth-order valence-electron chi connectivity index (χ4n) is 4.37. The molecule has 4 fully saturated rings. The van der Waals surface area contributed by atoms with E-state index in [4.69, 9.17) is 9.31 Å². The van der Waals surface area contributed by atoms with Crippen LogP contribution in [0, 0.1) is 17.3 Å². The first-order valence-corrected chi connectivity index (χ1v) is 7.40. The molecule has 4 aliphatic rings. The molecule has 4 atom stereocenters. The van der Waals surface area contributed by atoms with E-state index in [2.05, 4.69) is 39.9 Å². The molecule has 0 spiro atoms. The summed E-state index contributed by atoms with van der Waals surface area (Å²) in [5.74, 6) is 1.50. The molecule has 4 heteroatoms. The van der Waals surface area contributed by atoms with Crippen LogP contribution in [0.4, 0.5) is 0 Å². The molecule has 3 aliphatic carbocycles. The van der Waals surface area contributed by atoms with Crippen molar-refractivity contribution in [2.75, 3.05) is 6.44 Å². The van der Waals surface area contributed by atoms with Gasteiger partial charge in [-0.25, -0.2) is 0 Å². The normalized spacial score (nSPS) is 45.0. The largest absolute Gasteiger partial charge is 0.472 e. The molecule has 4 rings (SSSR count). The predicted octanol–water partition coefficient (Wildman–Crippen LogP) is 2.25. The molecule has 3 nitrogen and oxygen atoms in total. The Bertz CT molecular complexity index is 347. The Morgan fingerprint density at radius 1 is 1.28 bits per heavy atom. The van der Waals surface area contributed by atoms with Gasteiger partial charge in [0, 0.05) is 12.5 Å². The van der Waals surface area contributed by atoms with E-state index in [1.807, 2.05) is 0 Å². The molecule has 2 bridgehead atoms. The van der Waals surface area contributed by atoms with Gasteiger partial charge in [-0.1, -0.05) is 27.7 Å². The standard InChI is InChI=1S/C14H26BNO2/c1-9(2)16-8-15-17-12-7-10-6-11(13(10,3)4)14(12,5)18-15/h9-12,16H,6-8H2,1-5H3/t10-,11-,12+,14-/m0/s1. The first-order valence-electron chi connectivity index (χ1n) is 7.40. The van der Waals surface area contributed by atoms with Crippen molar-refractivity contribution in [3.8, 4) is 0 Å². The molecular weight excluding hydrogens is 225 g/mol. The Labute approximate surface area is 111 Å². The summed E-state index contributed by atoms with van der Waals surface area (Å²) < 4.78 is 12.4. The molecule has 1 aliphatic heterocycles. The SMILES string of the molecule is CC(C)NCB1O[C@@H]2C[C@@H]3C[C@@H](C3(C)C)[C@]2(C)O1. The molecule has 1 N–H and O–H groups in total. The van der Waals surface area contributed by atoms with Crippen LogP contribution in [0.3, 0.4) is 0 Å². The zero-order valence-electron chi connectivity index (χ0n) is 12.3.